The van der Waals surface area contributed by atoms with Crippen LogP contribution in [0.2, 0.25) is 0 Å². The van der Waals surface area contributed by atoms with Gasteiger partial charge in [-0.05, 0) is 37.6 Å². The van der Waals surface area contributed by atoms with E-state index in [1.54, 1.807) is 0 Å². The summed E-state index contributed by atoms with van der Waals surface area (Å²) in [5, 5.41) is 3.09. The van der Waals surface area contributed by atoms with E-state index in [1.807, 2.05) is 0 Å². The van der Waals surface area contributed by atoms with Crippen molar-refractivity contribution >= 4 is 0 Å². The first kappa shape index (κ1) is 9.41. The van der Waals surface area contributed by atoms with Crippen molar-refractivity contribution in [1.29, 1.82) is 0 Å². The van der Waals surface area contributed by atoms with Crippen molar-refractivity contribution in [3.63, 3.8) is 0 Å². The largest absolute Gasteiger partial charge is 0.381 e. The summed E-state index contributed by atoms with van der Waals surface area (Å²) in [6, 6.07) is 0. The van der Waals surface area contributed by atoms with Gasteiger partial charge in [0.15, 0.2) is 0 Å². The number of alkyl halides is 1. The summed E-state index contributed by atoms with van der Waals surface area (Å²) in [5.74, 6) is 0.729. The quantitative estimate of drug-likeness (QED) is 0.669. The van der Waals surface area contributed by atoms with Crippen LogP contribution in [0.4, 0.5) is 4.39 Å². The number of piperidine rings is 1. The Labute approximate surface area is 78.8 Å². The molecule has 2 fully saturated rings. The fourth-order valence-electron chi connectivity index (χ4n) is 2.48. The van der Waals surface area contributed by atoms with Crippen molar-refractivity contribution in [2.75, 3.05) is 26.3 Å². The Morgan fingerprint density at radius 1 is 1.31 bits per heavy atom. The van der Waals surface area contributed by atoms with Crippen LogP contribution in [0.3, 0.4) is 0 Å². The lowest BCUT2D eigenvalue weighted by Crippen LogP contribution is -2.43. The molecular weight excluding hydrogens is 169 g/mol. The summed E-state index contributed by atoms with van der Waals surface area (Å²) >= 11 is 0. The molecule has 2 aliphatic heterocycles. The standard InChI is InChI=1S/C10H18FNO/c11-10-6-12-4-3-9(10)8-2-1-5-13-7-8/h8-10,12H,1-7H2. The SMILES string of the molecule is FC1CNCCC1C1CCCOC1. The molecule has 2 aliphatic rings. The van der Waals surface area contributed by atoms with Gasteiger partial charge < -0.3 is 10.1 Å². The van der Waals surface area contributed by atoms with Crippen molar-refractivity contribution in [1.82, 2.24) is 5.32 Å². The number of nitrogens with one attached hydrogen (secondary N) is 1. The van der Waals surface area contributed by atoms with Crippen molar-refractivity contribution in [3.05, 3.63) is 0 Å². The van der Waals surface area contributed by atoms with Crippen LogP contribution in [0, 0.1) is 11.8 Å². The second-order valence-corrected chi connectivity index (χ2v) is 4.15. The summed E-state index contributed by atoms with van der Waals surface area (Å²) in [6.07, 6.45) is 2.60. The summed E-state index contributed by atoms with van der Waals surface area (Å²) in [5.41, 5.74) is 0. The third-order valence-electron chi connectivity index (χ3n) is 3.26. The molecule has 0 spiro atoms. The smallest absolute Gasteiger partial charge is 0.116 e. The molecule has 0 amide bonds. The van der Waals surface area contributed by atoms with Gasteiger partial charge in [0.1, 0.15) is 6.17 Å². The molecule has 0 saturated carbocycles. The molecule has 2 saturated heterocycles. The third-order valence-corrected chi connectivity index (χ3v) is 3.26. The van der Waals surface area contributed by atoms with Gasteiger partial charge in [-0.2, -0.15) is 0 Å². The highest BCUT2D eigenvalue weighted by Crippen LogP contribution is 2.30. The minimum atomic E-state index is -0.652. The topological polar surface area (TPSA) is 21.3 Å². The lowest BCUT2D eigenvalue weighted by Gasteiger charge is -2.35. The Kier molecular flexibility index (Phi) is 3.17. The van der Waals surface area contributed by atoms with E-state index in [4.69, 9.17) is 4.74 Å². The molecule has 3 atom stereocenters. The van der Waals surface area contributed by atoms with Gasteiger partial charge in [-0.15, -0.1) is 0 Å². The molecular formula is C10H18FNO. The Hall–Kier alpha value is -0.150. The molecule has 0 aromatic rings. The predicted molar refractivity (Wildman–Crippen MR) is 49.4 cm³/mol. The lowest BCUT2D eigenvalue weighted by molar-refractivity contribution is 0.00131. The van der Waals surface area contributed by atoms with Crippen LogP contribution < -0.4 is 5.32 Å². The first-order chi connectivity index (χ1) is 6.38. The van der Waals surface area contributed by atoms with E-state index in [1.165, 1.54) is 0 Å². The van der Waals surface area contributed by atoms with Gasteiger partial charge in [0, 0.05) is 19.8 Å². The van der Waals surface area contributed by atoms with Crippen LogP contribution in [-0.2, 0) is 4.74 Å². The molecule has 3 unspecified atom stereocenters. The Morgan fingerprint density at radius 3 is 2.92 bits per heavy atom. The maximum Gasteiger partial charge on any atom is 0.116 e. The number of halogens is 1. The van der Waals surface area contributed by atoms with Crippen molar-refractivity contribution in [2.45, 2.75) is 25.4 Å². The monoisotopic (exact) mass is 187 g/mol. The third kappa shape index (κ3) is 2.20. The predicted octanol–water partition coefficient (Wildman–Crippen LogP) is 1.36. The molecule has 0 aromatic heterocycles. The Bertz CT molecular complexity index is 159. The highest BCUT2D eigenvalue weighted by atomic mass is 19.1. The number of hydrogen-bond donors (Lipinski definition) is 1. The average molecular weight is 187 g/mol. The fourth-order valence-corrected chi connectivity index (χ4v) is 2.48. The first-order valence-electron chi connectivity index (χ1n) is 5.30. The molecule has 2 nitrogen and oxygen atoms in total. The Balaban J connectivity index is 1.88. The zero-order valence-corrected chi connectivity index (χ0v) is 7.97. The van der Waals surface area contributed by atoms with E-state index in [9.17, 15) is 4.39 Å². The fraction of sp³-hybridized carbons (Fsp3) is 1.00. The van der Waals surface area contributed by atoms with E-state index < -0.39 is 6.17 Å². The summed E-state index contributed by atoms with van der Waals surface area (Å²) in [4.78, 5) is 0. The van der Waals surface area contributed by atoms with Gasteiger partial charge in [0.25, 0.3) is 0 Å². The summed E-state index contributed by atoms with van der Waals surface area (Å²) < 4.78 is 18.9. The van der Waals surface area contributed by atoms with E-state index in [0.717, 1.165) is 39.0 Å². The highest BCUT2D eigenvalue weighted by Gasteiger charge is 2.32. The van der Waals surface area contributed by atoms with Gasteiger partial charge in [0.05, 0.1) is 0 Å². The minimum Gasteiger partial charge on any atom is -0.381 e. The van der Waals surface area contributed by atoms with E-state index in [0.29, 0.717) is 12.5 Å². The van der Waals surface area contributed by atoms with Gasteiger partial charge in [-0.3, -0.25) is 0 Å². The molecule has 2 heterocycles. The number of hydrogen-bond acceptors (Lipinski definition) is 2. The van der Waals surface area contributed by atoms with Crippen LogP contribution in [0.15, 0.2) is 0 Å². The van der Waals surface area contributed by atoms with Gasteiger partial charge in [0.2, 0.25) is 0 Å². The molecule has 0 bridgehead atoms. The van der Waals surface area contributed by atoms with Crippen LogP contribution in [0.1, 0.15) is 19.3 Å². The summed E-state index contributed by atoms with van der Waals surface area (Å²) in [7, 11) is 0. The van der Waals surface area contributed by atoms with Crippen LogP contribution in [-0.4, -0.2) is 32.5 Å². The summed E-state index contributed by atoms with van der Waals surface area (Å²) in [6.45, 7) is 3.17. The molecule has 2 rings (SSSR count). The number of rotatable bonds is 1. The van der Waals surface area contributed by atoms with Crippen LogP contribution >= 0.6 is 0 Å². The maximum atomic E-state index is 13.5. The second kappa shape index (κ2) is 4.38. The van der Waals surface area contributed by atoms with Crippen molar-refractivity contribution in [3.8, 4) is 0 Å². The minimum absolute atomic E-state index is 0.251. The maximum absolute atomic E-state index is 13.5. The van der Waals surface area contributed by atoms with E-state index in [-0.39, 0.29) is 5.92 Å². The molecule has 0 aliphatic carbocycles. The molecule has 3 heteroatoms. The molecule has 13 heavy (non-hydrogen) atoms. The van der Waals surface area contributed by atoms with Crippen LogP contribution in [0.25, 0.3) is 0 Å². The van der Waals surface area contributed by atoms with Gasteiger partial charge in [-0.25, -0.2) is 4.39 Å². The molecule has 0 radical (unpaired) electrons. The zero-order chi connectivity index (χ0) is 9.10. The van der Waals surface area contributed by atoms with E-state index in [2.05, 4.69) is 5.32 Å². The van der Waals surface area contributed by atoms with E-state index >= 15 is 0 Å². The average Bonchev–Trinajstić information content (AvgIpc) is 2.20. The van der Waals surface area contributed by atoms with Gasteiger partial charge >= 0.3 is 0 Å². The van der Waals surface area contributed by atoms with Crippen molar-refractivity contribution in [2.24, 2.45) is 11.8 Å². The molecule has 1 N–H and O–H groups in total. The Morgan fingerprint density at radius 2 is 2.23 bits per heavy atom. The highest BCUT2D eigenvalue weighted by molar-refractivity contribution is 4.84. The van der Waals surface area contributed by atoms with Crippen LogP contribution in [0.5, 0.6) is 0 Å². The van der Waals surface area contributed by atoms with Gasteiger partial charge in [-0.1, -0.05) is 0 Å². The number of ether oxygens (including phenoxy) is 1. The zero-order valence-electron chi connectivity index (χ0n) is 7.97. The lowest BCUT2D eigenvalue weighted by atomic mass is 9.81. The van der Waals surface area contributed by atoms with Crippen molar-refractivity contribution < 1.29 is 9.13 Å². The first-order valence-corrected chi connectivity index (χ1v) is 5.30. The molecule has 0 aromatic carbocycles. The second-order valence-electron chi connectivity index (χ2n) is 4.15. The normalized spacial score (nSPS) is 41.8. The molecule has 76 valence electrons.